The Morgan fingerprint density at radius 1 is 1.04 bits per heavy atom. The van der Waals surface area contributed by atoms with Crippen LogP contribution < -0.4 is 5.32 Å². The maximum absolute atomic E-state index is 12.8. The lowest BCUT2D eigenvalue weighted by atomic mass is 9.78. The number of carbonyl (C=O) groups excluding carboxylic acids is 1. The van der Waals surface area contributed by atoms with Gasteiger partial charge in [-0.1, -0.05) is 48.0 Å². The lowest BCUT2D eigenvalue weighted by Gasteiger charge is -2.28. The summed E-state index contributed by atoms with van der Waals surface area (Å²) in [5.41, 5.74) is 1.82. The van der Waals surface area contributed by atoms with Crippen LogP contribution in [0.15, 0.2) is 17.1 Å². The fourth-order valence-electron chi connectivity index (χ4n) is 3.24. The molecule has 1 heterocycles. The molecule has 0 spiro atoms. The van der Waals surface area contributed by atoms with Crippen LogP contribution in [0.4, 0.5) is 0 Å². The van der Waals surface area contributed by atoms with Crippen LogP contribution in [0, 0.1) is 0 Å². The molecule has 2 N–H and O–H groups in total. The molecule has 0 unspecified atom stereocenters. The molecule has 2 rings (SSSR count). The molecule has 1 aliphatic rings. The van der Waals surface area contributed by atoms with E-state index in [1.54, 1.807) is 0 Å². The third-order valence-electron chi connectivity index (χ3n) is 4.88. The van der Waals surface area contributed by atoms with E-state index < -0.39 is 0 Å². The van der Waals surface area contributed by atoms with Gasteiger partial charge in [0.25, 0.3) is 0 Å². The van der Waals surface area contributed by atoms with Gasteiger partial charge in [0.15, 0.2) is 5.78 Å². The van der Waals surface area contributed by atoms with Crippen molar-refractivity contribution in [1.82, 2.24) is 5.32 Å². The minimum atomic E-state index is -0.237. The number of amidine groups is 1. The monoisotopic (exact) mass is 358 g/mol. The summed E-state index contributed by atoms with van der Waals surface area (Å²) in [4.78, 5) is 17.4. The van der Waals surface area contributed by atoms with Crippen LogP contribution in [0.2, 0.25) is 0 Å². The Kier molecular flexibility index (Phi) is 6.15. The zero-order valence-corrected chi connectivity index (χ0v) is 17.2. The first kappa shape index (κ1) is 20.5. The molecule has 1 aliphatic heterocycles. The Balaban J connectivity index is 2.29. The number of phenols is 1. The van der Waals surface area contributed by atoms with Crippen molar-refractivity contribution in [3.8, 4) is 5.75 Å². The topological polar surface area (TPSA) is 61.7 Å². The van der Waals surface area contributed by atoms with Crippen LogP contribution in [-0.4, -0.2) is 29.8 Å². The molecule has 1 aromatic carbocycles. The van der Waals surface area contributed by atoms with Gasteiger partial charge in [0.1, 0.15) is 5.75 Å². The molecule has 0 radical (unpaired) electrons. The first-order valence-corrected chi connectivity index (χ1v) is 9.68. The molecule has 0 bridgehead atoms. The molecular weight excluding hydrogens is 324 g/mol. The van der Waals surface area contributed by atoms with Crippen LogP contribution >= 0.6 is 0 Å². The highest BCUT2D eigenvalue weighted by atomic mass is 16.3. The number of benzene rings is 1. The molecule has 0 saturated heterocycles. The summed E-state index contributed by atoms with van der Waals surface area (Å²) in [6.45, 7) is 13.4. The van der Waals surface area contributed by atoms with Crippen LogP contribution in [0.5, 0.6) is 5.75 Å². The standard InChI is InChI=1S/C22H34N2O2/c1-21(2,3)16-12-15(13-17(20(16)26)22(4,5)6)18(25)14-24-19-10-8-7-9-11-23-19/h12-13,26H,7-11,14H2,1-6H3,(H,23,24). The minimum absolute atomic E-state index is 0.0351. The fraction of sp³-hybridized carbons (Fsp3) is 0.636. The molecule has 4 nitrogen and oxygen atoms in total. The summed E-state index contributed by atoms with van der Waals surface area (Å²) in [6.07, 6.45) is 4.37. The highest BCUT2D eigenvalue weighted by Gasteiger charge is 2.27. The SMILES string of the molecule is CC(C)(C)c1cc(C(=O)CNC2=NCCCCC2)cc(C(C)(C)C)c1O. The van der Waals surface area contributed by atoms with Crippen LogP contribution in [0.25, 0.3) is 0 Å². The molecule has 144 valence electrons. The van der Waals surface area contributed by atoms with Crippen molar-refractivity contribution in [2.45, 2.75) is 78.1 Å². The number of ketones is 1. The molecule has 4 heteroatoms. The number of aromatic hydroxyl groups is 1. The number of carbonyl (C=O) groups is 1. The predicted molar refractivity (Wildman–Crippen MR) is 109 cm³/mol. The van der Waals surface area contributed by atoms with E-state index >= 15 is 0 Å². The fourth-order valence-corrected chi connectivity index (χ4v) is 3.24. The molecule has 0 fully saturated rings. The Bertz CT molecular complexity index is 656. The van der Waals surface area contributed by atoms with Gasteiger partial charge in [0, 0.05) is 29.7 Å². The van der Waals surface area contributed by atoms with Gasteiger partial charge in [0.05, 0.1) is 12.4 Å². The third-order valence-corrected chi connectivity index (χ3v) is 4.88. The molecule has 0 aromatic heterocycles. The van der Waals surface area contributed by atoms with E-state index in [2.05, 4.69) is 51.9 Å². The van der Waals surface area contributed by atoms with Crippen molar-refractivity contribution < 1.29 is 9.90 Å². The number of nitrogens with zero attached hydrogens (tertiary/aromatic N) is 1. The number of aliphatic imine (C=N–C) groups is 1. The van der Waals surface area contributed by atoms with Crippen molar-refractivity contribution in [2.24, 2.45) is 4.99 Å². The molecule has 0 aliphatic carbocycles. The second kappa shape index (κ2) is 7.81. The Morgan fingerprint density at radius 2 is 1.62 bits per heavy atom. The van der Waals surface area contributed by atoms with E-state index in [9.17, 15) is 9.90 Å². The Hall–Kier alpha value is -1.84. The second-order valence-corrected chi connectivity index (χ2v) is 9.34. The summed E-state index contributed by atoms with van der Waals surface area (Å²) >= 11 is 0. The van der Waals surface area contributed by atoms with E-state index in [4.69, 9.17) is 0 Å². The summed E-state index contributed by atoms with van der Waals surface area (Å²) < 4.78 is 0. The highest BCUT2D eigenvalue weighted by molar-refractivity contribution is 6.00. The first-order valence-electron chi connectivity index (χ1n) is 9.68. The number of Topliss-reactive ketones (excluding diaryl/α,β-unsaturated/α-hetero) is 1. The van der Waals surface area contributed by atoms with E-state index in [-0.39, 0.29) is 23.2 Å². The van der Waals surface area contributed by atoms with Gasteiger partial charge < -0.3 is 10.4 Å². The van der Waals surface area contributed by atoms with Crippen molar-refractivity contribution in [2.75, 3.05) is 13.1 Å². The highest BCUT2D eigenvalue weighted by Crippen LogP contribution is 2.39. The molecule has 0 amide bonds. The van der Waals surface area contributed by atoms with Gasteiger partial charge >= 0.3 is 0 Å². The van der Waals surface area contributed by atoms with Crippen molar-refractivity contribution in [3.63, 3.8) is 0 Å². The van der Waals surface area contributed by atoms with Crippen LogP contribution in [0.1, 0.15) is 88.7 Å². The number of nitrogens with one attached hydrogen (secondary N) is 1. The zero-order chi connectivity index (χ0) is 19.5. The zero-order valence-electron chi connectivity index (χ0n) is 17.2. The average molecular weight is 359 g/mol. The van der Waals surface area contributed by atoms with E-state index in [0.29, 0.717) is 11.3 Å². The van der Waals surface area contributed by atoms with Crippen LogP contribution in [0.3, 0.4) is 0 Å². The minimum Gasteiger partial charge on any atom is -0.507 e. The number of rotatable bonds is 3. The van der Waals surface area contributed by atoms with Gasteiger partial charge in [-0.05, 0) is 35.8 Å². The van der Waals surface area contributed by atoms with Gasteiger partial charge in [-0.2, -0.15) is 0 Å². The predicted octanol–water partition coefficient (Wildman–Crippen LogP) is 4.73. The number of hydrogen-bond donors (Lipinski definition) is 2. The number of phenolic OH excluding ortho intramolecular Hbond substituents is 1. The quantitative estimate of drug-likeness (QED) is 0.768. The normalized spacial score (nSPS) is 16.0. The van der Waals surface area contributed by atoms with E-state index in [0.717, 1.165) is 42.8 Å². The molecular formula is C22H34N2O2. The van der Waals surface area contributed by atoms with E-state index in [1.165, 1.54) is 6.42 Å². The summed E-state index contributed by atoms with van der Waals surface area (Å²) in [5.74, 6) is 1.29. The number of hydrogen-bond acceptors (Lipinski definition) is 4. The summed E-state index contributed by atoms with van der Waals surface area (Å²) in [5, 5.41) is 14.0. The molecule has 1 aromatic rings. The Morgan fingerprint density at radius 3 is 2.15 bits per heavy atom. The van der Waals surface area contributed by atoms with Crippen LogP contribution in [-0.2, 0) is 10.8 Å². The third kappa shape index (κ3) is 5.09. The molecule has 0 atom stereocenters. The molecule has 0 saturated carbocycles. The average Bonchev–Trinajstić information content (AvgIpc) is 2.79. The van der Waals surface area contributed by atoms with Gasteiger partial charge in [-0.25, -0.2) is 0 Å². The van der Waals surface area contributed by atoms with Crippen molar-refractivity contribution in [1.29, 1.82) is 0 Å². The Labute approximate surface area is 158 Å². The van der Waals surface area contributed by atoms with Crippen molar-refractivity contribution in [3.05, 3.63) is 28.8 Å². The summed E-state index contributed by atoms with van der Waals surface area (Å²) in [6, 6.07) is 3.70. The molecule has 26 heavy (non-hydrogen) atoms. The van der Waals surface area contributed by atoms with Gasteiger partial charge in [-0.15, -0.1) is 0 Å². The van der Waals surface area contributed by atoms with Crippen molar-refractivity contribution >= 4 is 11.6 Å². The first-order chi connectivity index (χ1) is 12.0. The summed E-state index contributed by atoms with van der Waals surface area (Å²) in [7, 11) is 0. The second-order valence-electron chi connectivity index (χ2n) is 9.34. The smallest absolute Gasteiger partial charge is 0.181 e. The lowest BCUT2D eigenvalue weighted by molar-refractivity contribution is 0.0996. The maximum Gasteiger partial charge on any atom is 0.181 e. The van der Waals surface area contributed by atoms with Gasteiger partial charge in [0.2, 0.25) is 0 Å². The van der Waals surface area contributed by atoms with Gasteiger partial charge in [-0.3, -0.25) is 9.79 Å². The van der Waals surface area contributed by atoms with E-state index in [1.807, 2.05) is 12.1 Å². The maximum atomic E-state index is 12.8. The lowest BCUT2D eigenvalue weighted by Crippen LogP contribution is -2.30. The largest absolute Gasteiger partial charge is 0.507 e.